The number of hydrogen-bond donors (Lipinski definition) is 0. The lowest BCUT2D eigenvalue weighted by atomic mass is 9.93. The van der Waals surface area contributed by atoms with Gasteiger partial charge in [0.1, 0.15) is 0 Å². The summed E-state index contributed by atoms with van der Waals surface area (Å²) in [5.41, 5.74) is 3.80. The lowest BCUT2D eigenvalue weighted by Gasteiger charge is -2.33. The molecule has 1 saturated heterocycles. The Morgan fingerprint density at radius 3 is 2.56 bits per heavy atom. The Labute approximate surface area is 148 Å². The van der Waals surface area contributed by atoms with E-state index in [-0.39, 0.29) is 11.8 Å². The molecule has 0 spiro atoms. The smallest absolute Gasteiger partial charge is 0.258 e. The van der Waals surface area contributed by atoms with Gasteiger partial charge in [-0.2, -0.15) is 0 Å². The average molecular weight is 334 g/mol. The maximum Gasteiger partial charge on any atom is 0.258 e. The first-order valence-electron chi connectivity index (χ1n) is 8.93. The van der Waals surface area contributed by atoms with Crippen LogP contribution < -0.4 is 9.80 Å². The largest absolute Gasteiger partial charge is 0.312 e. The van der Waals surface area contributed by atoms with E-state index < -0.39 is 0 Å². The van der Waals surface area contributed by atoms with Crippen molar-refractivity contribution in [2.24, 2.45) is 5.92 Å². The van der Waals surface area contributed by atoms with Crippen LogP contribution in [0, 0.1) is 5.92 Å². The van der Waals surface area contributed by atoms with Gasteiger partial charge in [-0.05, 0) is 54.7 Å². The summed E-state index contributed by atoms with van der Waals surface area (Å²) in [4.78, 5) is 28.6. The van der Waals surface area contributed by atoms with Crippen molar-refractivity contribution in [1.82, 2.24) is 0 Å². The third-order valence-corrected chi connectivity index (χ3v) is 5.09. The standard InChI is InChI=1S/C21H22N2O2/c1-15-13-17-5-2-3-6-19(17)23(14-15)21(25)16-8-10-18(11-9-16)22-12-4-7-20(22)24/h2-3,5-6,8-11,15H,4,7,12-14H2,1H3. The molecule has 0 radical (unpaired) electrons. The molecule has 128 valence electrons. The zero-order valence-corrected chi connectivity index (χ0v) is 14.4. The van der Waals surface area contributed by atoms with Crippen LogP contribution in [0.5, 0.6) is 0 Å². The number of hydrogen-bond acceptors (Lipinski definition) is 2. The van der Waals surface area contributed by atoms with Gasteiger partial charge in [-0.15, -0.1) is 0 Å². The molecule has 25 heavy (non-hydrogen) atoms. The van der Waals surface area contributed by atoms with Crippen molar-refractivity contribution in [2.45, 2.75) is 26.2 Å². The number of anilines is 2. The quantitative estimate of drug-likeness (QED) is 0.841. The fourth-order valence-electron chi connectivity index (χ4n) is 3.85. The number of benzene rings is 2. The zero-order valence-electron chi connectivity index (χ0n) is 14.4. The van der Waals surface area contributed by atoms with Crippen LogP contribution in [0.1, 0.15) is 35.7 Å². The Hall–Kier alpha value is -2.62. The van der Waals surface area contributed by atoms with Gasteiger partial charge in [-0.1, -0.05) is 25.1 Å². The monoisotopic (exact) mass is 334 g/mol. The molecule has 2 aromatic carbocycles. The highest BCUT2D eigenvalue weighted by atomic mass is 16.2. The van der Waals surface area contributed by atoms with Crippen LogP contribution in [0.25, 0.3) is 0 Å². The summed E-state index contributed by atoms with van der Waals surface area (Å²) < 4.78 is 0. The van der Waals surface area contributed by atoms with Crippen molar-refractivity contribution in [1.29, 1.82) is 0 Å². The van der Waals surface area contributed by atoms with Gasteiger partial charge in [0.2, 0.25) is 5.91 Å². The molecule has 2 aromatic rings. The molecule has 2 aliphatic rings. The normalized spacial score (nSPS) is 19.9. The number of rotatable bonds is 2. The van der Waals surface area contributed by atoms with Gasteiger partial charge in [0.15, 0.2) is 0 Å². The second-order valence-corrected chi connectivity index (χ2v) is 7.05. The molecule has 1 atom stereocenters. The summed E-state index contributed by atoms with van der Waals surface area (Å²) in [6, 6.07) is 15.6. The summed E-state index contributed by atoms with van der Waals surface area (Å²) in [6.07, 6.45) is 2.53. The van der Waals surface area contributed by atoms with E-state index in [2.05, 4.69) is 13.0 Å². The van der Waals surface area contributed by atoms with Crippen molar-refractivity contribution in [3.8, 4) is 0 Å². The molecule has 0 aliphatic carbocycles. The van der Waals surface area contributed by atoms with Gasteiger partial charge in [0.05, 0.1) is 0 Å². The fraction of sp³-hybridized carbons (Fsp3) is 0.333. The van der Waals surface area contributed by atoms with E-state index in [0.717, 1.165) is 37.3 Å². The Morgan fingerprint density at radius 1 is 1.08 bits per heavy atom. The summed E-state index contributed by atoms with van der Waals surface area (Å²) in [6.45, 7) is 3.68. The molecule has 2 heterocycles. The highest BCUT2D eigenvalue weighted by Crippen LogP contribution is 2.31. The third kappa shape index (κ3) is 2.93. The highest BCUT2D eigenvalue weighted by molar-refractivity contribution is 6.07. The lowest BCUT2D eigenvalue weighted by molar-refractivity contribution is -0.117. The van der Waals surface area contributed by atoms with Crippen molar-refractivity contribution in [2.75, 3.05) is 22.9 Å². The van der Waals surface area contributed by atoms with Crippen LogP contribution in [0.15, 0.2) is 48.5 Å². The minimum Gasteiger partial charge on any atom is -0.312 e. The van der Waals surface area contributed by atoms with Gasteiger partial charge in [0, 0.05) is 36.4 Å². The number of amides is 2. The molecular formula is C21H22N2O2. The summed E-state index contributed by atoms with van der Waals surface area (Å²) >= 11 is 0. The molecular weight excluding hydrogens is 312 g/mol. The summed E-state index contributed by atoms with van der Waals surface area (Å²) in [5, 5.41) is 0. The first kappa shape index (κ1) is 15.9. The third-order valence-electron chi connectivity index (χ3n) is 5.09. The predicted octanol–water partition coefficient (Wildman–Crippen LogP) is 3.65. The van der Waals surface area contributed by atoms with Crippen molar-refractivity contribution in [3.05, 3.63) is 59.7 Å². The molecule has 0 saturated carbocycles. The minimum absolute atomic E-state index is 0.0262. The first-order valence-corrected chi connectivity index (χ1v) is 8.93. The second kappa shape index (κ2) is 6.36. The number of carbonyl (C=O) groups is 2. The van der Waals surface area contributed by atoms with E-state index in [4.69, 9.17) is 0 Å². The van der Waals surface area contributed by atoms with Crippen LogP contribution in [-0.2, 0) is 11.2 Å². The Kier molecular flexibility index (Phi) is 4.04. The van der Waals surface area contributed by atoms with Crippen LogP contribution in [0.2, 0.25) is 0 Å². The first-order chi connectivity index (χ1) is 12.1. The van der Waals surface area contributed by atoms with E-state index in [1.54, 1.807) is 4.90 Å². The van der Waals surface area contributed by atoms with Crippen LogP contribution in [0.3, 0.4) is 0 Å². The molecule has 0 aromatic heterocycles. The minimum atomic E-state index is 0.0262. The van der Waals surface area contributed by atoms with Crippen LogP contribution in [0.4, 0.5) is 11.4 Å². The van der Waals surface area contributed by atoms with Gasteiger partial charge < -0.3 is 9.80 Å². The topological polar surface area (TPSA) is 40.6 Å². The number of fused-ring (bicyclic) bond motifs is 1. The molecule has 1 unspecified atom stereocenters. The molecule has 4 rings (SSSR count). The molecule has 0 bridgehead atoms. The van der Waals surface area contributed by atoms with Crippen molar-refractivity contribution < 1.29 is 9.59 Å². The van der Waals surface area contributed by atoms with E-state index in [0.29, 0.717) is 17.9 Å². The molecule has 4 heteroatoms. The molecule has 1 fully saturated rings. The van der Waals surface area contributed by atoms with Gasteiger partial charge in [-0.3, -0.25) is 9.59 Å². The second-order valence-electron chi connectivity index (χ2n) is 7.05. The van der Waals surface area contributed by atoms with E-state index >= 15 is 0 Å². The zero-order chi connectivity index (χ0) is 17.4. The van der Waals surface area contributed by atoms with Gasteiger partial charge in [-0.25, -0.2) is 0 Å². The van der Waals surface area contributed by atoms with Crippen molar-refractivity contribution in [3.63, 3.8) is 0 Å². The van der Waals surface area contributed by atoms with Crippen molar-refractivity contribution >= 4 is 23.2 Å². The Balaban J connectivity index is 1.60. The number of carbonyl (C=O) groups excluding carboxylic acids is 2. The summed E-state index contributed by atoms with van der Waals surface area (Å²) in [5.74, 6) is 0.636. The number of nitrogens with zero attached hydrogens (tertiary/aromatic N) is 2. The average Bonchev–Trinajstić information content (AvgIpc) is 3.06. The maximum absolute atomic E-state index is 13.1. The van der Waals surface area contributed by atoms with E-state index in [1.165, 1.54) is 5.56 Å². The fourth-order valence-corrected chi connectivity index (χ4v) is 3.85. The van der Waals surface area contributed by atoms with Crippen LogP contribution in [-0.4, -0.2) is 24.9 Å². The van der Waals surface area contributed by atoms with Gasteiger partial charge >= 0.3 is 0 Å². The van der Waals surface area contributed by atoms with E-state index in [9.17, 15) is 9.59 Å². The predicted molar refractivity (Wildman–Crippen MR) is 99.0 cm³/mol. The molecule has 4 nitrogen and oxygen atoms in total. The van der Waals surface area contributed by atoms with E-state index in [1.807, 2.05) is 47.4 Å². The number of para-hydroxylation sites is 1. The Bertz CT molecular complexity index is 813. The van der Waals surface area contributed by atoms with Crippen LogP contribution >= 0.6 is 0 Å². The van der Waals surface area contributed by atoms with Gasteiger partial charge in [0.25, 0.3) is 5.91 Å². The molecule has 0 N–H and O–H groups in total. The Morgan fingerprint density at radius 2 is 1.84 bits per heavy atom. The summed E-state index contributed by atoms with van der Waals surface area (Å²) in [7, 11) is 0. The molecule has 2 aliphatic heterocycles. The lowest BCUT2D eigenvalue weighted by Crippen LogP contribution is -2.39. The molecule has 2 amide bonds. The SMILES string of the molecule is CC1Cc2ccccc2N(C(=O)c2ccc(N3CCCC3=O)cc2)C1. The maximum atomic E-state index is 13.1. The highest BCUT2D eigenvalue weighted by Gasteiger charge is 2.27.